The Morgan fingerprint density at radius 2 is 2.24 bits per heavy atom. The van der Waals surface area contributed by atoms with E-state index < -0.39 is 0 Å². The number of nitrogens with zero attached hydrogens (tertiary/aromatic N) is 4. The van der Waals surface area contributed by atoms with Gasteiger partial charge in [-0.25, -0.2) is 0 Å². The summed E-state index contributed by atoms with van der Waals surface area (Å²) in [5.41, 5.74) is 9.77. The van der Waals surface area contributed by atoms with Gasteiger partial charge in [0.05, 0.1) is 12.8 Å². The van der Waals surface area contributed by atoms with Crippen molar-refractivity contribution in [3.05, 3.63) is 38.1 Å². The standard InChI is InChI=1S/C11H16N4O2/c1-8-7-10(16)11(17-3)9(2)15(8)6-4-5-13-14-12/h7H,4-6H2,1-3H3. The van der Waals surface area contributed by atoms with Crippen LogP contribution < -0.4 is 10.2 Å². The van der Waals surface area contributed by atoms with Crippen LogP contribution >= 0.6 is 0 Å². The average Bonchev–Trinajstić information content (AvgIpc) is 2.28. The summed E-state index contributed by atoms with van der Waals surface area (Å²) in [5.74, 6) is 0.374. The van der Waals surface area contributed by atoms with Gasteiger partial charge >= 0.3 is 0 Å². The molecule has 0 saturated carbocycles. The highest BCUT2D eigenvalue weighted by molar-refractivity contribution is 5.29. The van der Waals surface area contributed by atoms with E-state index in [-0.39, 0.29) is 5.43 Å². The van der Waals surface area contributed by atoms with Crippen molar-refractivity contribution in [3.8, 4) is 5.75 Å². The molecular weight excluding hydrogens is 220 g/mol. The molecule has 6 heteroatoms. The maximum absolute atomic E-state index is 11.6. The molecule has 0 radical (unpaired) electrons. The number of hydrogen-bond acceptors (Lipinski definition) is 3. The second-order valence-corrected chi connectivity index (χ2v) is 3.73. The van der Waals surface area contributed by atoms with Gasteiger partial charge in [-0.2, -0.15) is 0 Å². The monoisotopic (exact) mass is 236 g/mol. The summed E-state index contributed by atoms with van der Waals surface area (Å²) in [4.78, 5) is 14.3. The van der Waals surface area contributed by atoms with Gasteiger partial charge < -0.3 is 9.30 Å². The fourth-order valence-electron chi connectivity index (χ4n) is 1.84. The van der Waals surface area contributed by atoms with Crippen LogP contribution in [0.3, 0.4) is 0 Å². The summed E-state index contributed by atoms with van der Waals surface area (Å²) in [6, 6.07) is 1.55. The second kappa shape index (κ2) is 5.96. The van der Waals surface area contributed by atoms with Gasteiger partial charge in [-0.1, -0.05) is 5.11 Å². The van der Waals surface area contributed by atoms with Gasteiger partial charge in [-0.3, -0.25) is 4.79 Å². The summed E-state index contributed by atoms with van der Waals surface area (Å²) in [5, 5.41) is 3.48. The second-order valence-electron chi connectivity index (χ2n) is 3.73. The first-order valence-electron chi connectivity index (χ1n) is 5.37. The lowest BCUT2D eigenvalue weighted by molar-refractivity contribution is 0.398. The molecule has 0 amide bonds. The Morgan fingerprint density at radius 1 is 1.53 bits per heavy atom. The van der Waals surface area contributed by atoms with Crippen molar-refractivity contribution < 1.29 is 4.74 Å². The number of ether oxygens (including phenoxy) is 1. The van der Waals surface area contributed by atoms with Crippen LogP contribution in [0, 0.1) is 13.8 Å². The van der Waals surface area contributed by atoms with Gasteiger partial charge in [-0.05, 0) is 25.8 Å². The molecule has 0 aromatic carbocycles. The molecule has 0 N–H and O–H groups in total. The lowest BCUT2D eigenvalue weighted by atomic mass is 10.2. The molecule has 1 aromatic heterocycles. The Balaban J connectivity index is 2.98. The molecule has 0 aliphatic rings. The van der Waals surface area contributed by atoms with Crippen LogP contribution in [-0.4, -0.2) is 18.2 Å². The molecule has 0 saturated heterocycles. The average molecular weight is 236 g/mol. The van der Waals surface area contributed by atoms with Crippen molar-refractivity contribution in [1.29, 1.82) is 0 Å². The van der Waals surface area contributed by atoms with Crippen LogP contribution in [0.25, 0.3) is 10.4 Å². The number of pyridine rings is 1. The topological polar surface area (TPSA) is 80.0 Å². The SMILES string of the molecule is COc1c(C)n(CCCN=[N+]=[N-])c(C)cc1=O. The predicted molar refractivity (Wildman–Crippen MR) is 65.4 cm³/mol. The Morgan fingerprint density at radius 3 is 2.82 bits per heavy atom. The normalized spacial score (nSPS) is 9.82. The van der Waals surface area contributed by atoms with Crippen LogP contribution in [0.4, 0.5) is 0 Å². The van der Waals surface area contributed by atoms with Crippen LogP contribution in [0.1, 0.15) is 17.8 Å². The summed E-state index contributed by atoms with van der Waals surface area (Å²) in [7, 11) is 1.49. The van der Waals surface area contributed by atoms with E-state index >= 15 is 0 Å². The first-order valence-corrected chi connectivity index (χ1v) is 5.37. The third kappa shape index (κ3) is 3.01. The van der Waals surface area contributed by atoms with Crippen molar-refractivity contribution in [3.63, 3.8) is 0 Å². The molecular formula is C11H16N4O2. The minimum Gasteiger partial charge on any atom is -0.491 e. The third-order valence-electron chi connectivity index (χ3n) is 2.63. The molecule has 92 valence electrons. The van der Waals surface area contributed by atoms with E-state index in [2.05, 4.69) is 10.0 Å². The first kappa shape index (κ1) is 13.1. The van der Waals surface area contributed by atoms with Crippen LogP contribution in [0.5, 0.6) is 5.75 Å². The van der Waals surface area contributed by atoms with Crippen molar-refractivity contribution in [2.45, 2.75) is 26.8 Å². The smallest absolute Gasteiger partial charge is 0.223 e. The highest BCUT2D eigenvalue weighted by Crippen LogP contribution is 2.14. The number of methoxy groups -OCH3 is 1. The van der Waals surface area contributed by atoms with E-state index in [0.717, 1.165) is 17.8 Å². The Bertz CT molecular complexity index is 501. The van der Waals surface area contributed by atoms with Crippen LogP contribution in [-0.2, 0) is 6.54 Å². The van der Waals surface area contributed by atoms with Crippen molar-refractivity contribution >= 4 is 0 Å². The summed E-state index contributed by atoms with van der Waals surface area (Å²) in [6.07, 6.45) is 0.734. The van der Waals surface area contributed by atoms with Crippen LogP contribution in [0.15, 0.2) is 16.0 Å². The first-order chi connectivity index (χ1) is 8.11. The van der Waals surface area contributed by atoms with E-state index in [1.54, 1.807) is 6.07 Å². The lowest BCUT2D eigenvalue weighted by Gasteiger charge is -2.16. The van der Waals surface area contributed by atoms with Gasteiger partial charge in [0.25, 0.3) is 0 Å². The summed E-state index contributed by atoms with van der Waals surface area (Å²) >= 11 is 0. The molecule has 0 spiro atoms. The van der Waals surface area contributed by atoms with E-state index in [4.69, 9.17) is 10.3 Å². The van der Waals surface area contributed by atoms with Gasteiger partial charge in [-0.15, -0.1) is 0 Å². The number of hydrogen-bond donors (Lipinski definition) is 0. The highest BCUT2D eigenvalue weighted by atomic mass is 16.5. The molecule has 1 rings (SSSR count). The lowest BCUT2D eigenvalue weighted by Crippen LogP contribution is -2.17. The number of aromatic nitrogens is 1. The zero-order chi connectivity index (χ0) is 12.8. The van der Waals surface area contributed by atoms with Crippen molar-refractivity contribution in [2.24, 2.45) is 5.11 Å². The Hall–Kier alpha value is -1.94. The van der Waals surface area contributed by atoms with E-state index in [1.807, 2.05) is 18.4 Å². The van der Waals surface area contributed by atoms with Crippen LogP contribution in [0.2, 0.25) is 0 Å². The van der Waals surface area contributed by atoms with E-state index in [0.29, 0.717) is 18.8 Å². The third-order valence-corrected chi connectivity index (χ3v) is 2.63. The molecule has 0 aliphatic carbocycles. The maximum Gasteiger partial charge on any atom is 0.223 e. The predicted octanol–water partition coefficient (Wildman–Crippen LogP) is 2.17. The molecule has 0 atom stereocenters. The number of aryl methyl sites for hydroxylation is 1. The quantitative estimate of drug-likeness (QED) is 0.340. The van der Waals surface area contributed by atoms with Crippen molar-refractivity contribution in [1.82, 2.24) is 4.57 Å². The highest BCUT2D eigenvalue weighted by Gasteiger charge is 2.09. The van der Waals surface area contributed by atoms with Gasteiger partial charge in [0.1, 0.15) is 0 Å². The zero-order valence-electron chi connectivity index (χ0n) is 10.3. The number of azide groups is 1. The molecule has 17 heavy (non-hydrogen) atoms. The number of rotatable bonds is 5. The maximum atomic E-state index is 11.6. The zero-order valence-corrected chi connectivity index (χ0v) is 10.3. The van der Waals surface area contributed by atoms with E-state index in [9.17, 15) is 4.79 Å². The molecule has 1 aromatic rings. The molecule has 1 heterocycles. The largest absolute Gasteiger partial charge is 0.491 e. The minimum atomic E-state index is -0.103. The Kier molecular flexibility index (Phi) is 4.60. The van der Waals surface area contributed by atoms with Gasteiger partial charge in [0, 0.05) is 29.8 Å². The molecule has 0 bridgehead atoms. The molecule has 0 unspecified atom stereocenters. The van der Waals surface area contributed by atoms with E-state index in [1.165, 1.54) is 7.11 Å². The minimum absolute atomic E-state index is 0.103. The fraction of sp³-hybridized carbons (Fsp3) is 0.545. The summed E-state index contributed by atoms with van der Waals surface area (Å²) in [6.45, 7) is 4.87. The van der Waals surface area contributed by atoms with Gasteiger partial charge in [0.2, 0.25) is 5.43 Å². The molecule has 6 nitrogen and oxygen atoms in total. The van der Waals surface area contributed by atoms with Gasteiger partial charge in [0.15, 0.2) is 5.75 Å². The fourth-order valence-corrected chi connectivity index (χ4v) is 1.84. The molecule has 0 aliphatic heterocycles. The molecule has 0 fully saturated rings. The van der Waals surface area contributed by atoms with Crippen molar-refractivity contribution in [2.75, 3.05) is 13.7 Å². The Labute approximate surface area is 99.5 Å². The summed E-state index contributed by atoms with van der Waals surface area (Å²) < 4.78 is 7.08.